The molecule has 0 aliphatic carbocycles. The third kappa shape index (κ3) is 5.99. The lowest BCUT2D eigenvalue weighted by Crippen LogP contribution is -2.48. The largest absolute Gasteiger partial charge is 0.496 e. The summed E-state index contributed by atoms with van der Waals surface area (Å²) in [6.07, 6.45) is 0.766. The second kappa shape index (κ2) is 12.9. The predicted octanol–water partition coefficient (Wildman–Crippen LogP) is 5.87. The minimum absolute atomic E-state index is 0.181. The number of para-hydroxylation sites is 1. The van der Waals surface area contributed by atoms with Crippen LogP contribution in [0.15, 0.2) is 115 Å². The third-order valence-electron chi connectivity index (χ3n) is 7.87. The second-order valence-corrected chi connectivity index (χ2v) is 10.2. The van der Waals surface area contributed by atoms with Crippen LogP contribution in [0.4, 0.5) is 0 Å². The molecular weight excluding hydrogens is 468 g/mol. The molecule has 1 aliphatic heterocycles. The lowest BCUT2D eigenvalue weighted by molar-refractivity contribution is 0.206. The average Bonchev–Trinajstić information content (AvgIpc) is 3.30. The molecule has 196 valence electrons. The fourth-order valence-electron chi connectivity index (χ4n) is 6.16. The van der Waals surface area contributed by atoms with Crippen LogP contribution in [0.5, 0.6) is 5.75 Å². The lowest BCUT2D eigenvalue weighted by atomic mass is 9.79. The number of benzene rings is 4. The number of ether oxygens (including phenoxy) is 1. The summed E-state index contributed by atoms with van der Waals surface area (Å²) < 4.78 is 5.66. The number of nitrogens with zero attached hydrogens (tertiary/aromatic N) is 1. The smallest absolute Gasteiger partial charge is 0.123 e. The van der Waals surface area contributed by atoms with E-state index in [-0.39, 0.29) is 24.6 Å². The number of nitrogens with one attached hydrogen (secondary N) is 1. The zero-order valence-corrected chi connectivity index (χ0v) is 22.1. The van der Waals surface area contributed by atoms with E-state index in [0.29, 0.717) is 12.5 Å². The highest BCUT2D eigenvalue weighted by molar-refractivity contribution is 5.37. The molecule has 0 bridgehead atoms. The van der Waals surface area contributed by atoms with E-state index in [1.165, 1.54) is 16.7 Å². The fraction of sp³-hybridized carbons (Fsp3) is 0.294. The number of aliphatic hydroxyl groups excluding tert-OH is 1. The number of hydrogen-bond acceptors (Lipinski definition) is 4. The van der Waals surface area contributed by atoms with Crippen LogP contribution in [0.2, 0.25) is 0 Å². The van der Waals surface area contributed by atoms with Gasteiger partial charge in [0.1, 0.15) is 5.75 Å². The van der Waals surface area contributed by atoms with Crippen LogP contribution in [-0.4, -0.2) is 42.4 Å². The van der Waals surface area contributed by atoms with Gasteiger partial charge in [-0.1, -0.05) is 109 Å². The van der Waals surface area contributed by atoms with Gasteiger partial charge in [-0.2, -0.15) is 0 Å². The highest BCUT2D eigenvalue weighted by Crippen LogP contribution is 2.40. The summed E-state index contributed by atoms with van der Waals surface area (Å²) in [7, 11) is 1.73. The Labute approximate surface area is 226 Å². The summed E-state index contributed by atoms with van der Waals surface area (Å²) in [5.41, 5.74) is 5.09. The van der Waals surface area contributed by atoms with Crippen molar-refractivity contribution in [3.8, 4) is 5.75 Å². The second-order valence-electron chi connectivity index (χ2n) is 10.2. The zero-order chi connectivity index (χ0) is 26.2. The normalized spacial score (nSPS) is 19.6. The molecule has 4 nitrogen and oxygen atoms in total. The molecule has 4 heteroatoms. The van der Waals surface area contributed by atoms with Crippen molar-refractivity contribution in [2.75, 3.05) is 20.3 Å². The Balaban J connectivity index is 1.56. The number of methoxy groups -OCH3 is 1. The van der Waals surface area contributed by atoms with Crippen LogP contribution in [0.3, 0.4) is 0 Å². The average molecular weight is 507 g/mol. The third-order valence-corrected chi connectivity index (χ3v) is 7.87. The molecule has 0 spiro atoms. The number of aliphatic hydroxyl groups is 1. The van der Waals surface area contributed by atoms with Gasteiger partial charge in [0.2, 0.25) is 0 Å². The Morgan fingerprint density at radius 3 is 2.00 bits per heavy atom. The minimum atomic E-state index is 0.181. The van der Waals surface area contributed by atoms with Crippen LogP contribution >= 0.6 is 0 Å². The van der Waals surface area contributed by atoms with Crippen molar-refractivity contribution >= 4 is 0 Å². The van der Waals surface area contributed by atoms with Crippen molar-refractivity contribution in [1.82, 2.24) is 10.2 Å². The summed E-state index contributed by atoms with van der Waals surface area (Å²) in [5, 5.41) is 14.0. The summed E-state index contributed by atoms with van der Waals surface area (Å²) in [4.78, 5) is 2.64. The van der Waals surface area contributed by atoms with Gasteiger partial charge in [-0.05, 0) is 35.1 Å². The van der Waals surface area contributed by atoms with Gasteiger partial charge in [-0.3, -0.25) is 4.90 Å². The van der Waals surface area contributed by atoms with E-state index in [9.17, 15) is 5.11 Å². The topological polar surface area (TPSA) is 44.7 Å². The first kappa shape index (κ1) is 26.2. The molecule has 1 aliphatic rings. The monoisotopic (exact) mass is 506 g/mol. The molecule has 0 aromatic heterocycles. The highest BCUT2D eigenvalue weighted by atomic mass is 16.5. The number of likely N-dealkylation sites (tertiary alicyclic amines) is 1. The standard InChI is InChI=1S/C34H38N2O2/c1-38-31-20-12-11-19-29(31)23-35-33-30(21-22-37)25-36(24-26-13-5-2-6-14-26)34(33)32(27-15-7-3-8-16-27)28-17-9-4-10-18-28/h2-20,30,32-35,37H,21-25H2,1H3/t30-,33-,34-/m0/s1. The van der Waals surface area contributed by atoms with Crippen LogP contribution in [-0.2, 0) is 13.1 Å². The SMILES string of the molecule is COc1ccccc1CN[C@H]1[C@@H](CCO)CN(Cc2ccccc2)[C@H]1C(c1ccccc1)c1ccccc1. The molecule has 4 aromatic rings. The van der Waals surface area contributed by atoms with E-state index >= 15 is 0 Å². The van der Waals surface area contributed by atoms with Gasteiger partial charge in [-0.25, -0.2) is 0 Å². The minimum Gasteiger partial charge on any atom is -0.496 e. The molecule has 5 rings (SSSR count). The molecule has 0 unspecified atom stereocenters. The Morgan fingerprint density at radius 1 is 0.816 bits per heavy atom. The molecule has 1 fully saturated rings. The fourth-order valence-corrected chi connectivity index (χ4v) is 6.16. The maximum absolute atomic E-state index is 10.1. The molecular formula is C34H38N2O2. The number of hydrogen-bond donors (Lipinski definition) is 2. The Bertz CT molecular complexity index is 1210. The first-order valence-electron chi connectivity index (χ1n) is 13.6. The van der Waals surface area contributed by atoms with E-state index in [0.717, 1.165) is 30.8 Å². The van der Waals surface area contributed by atoms with Gasteiger partial charge in [0.15, 0.2) is 0 Å². The maximum atomic E-state index is 10.1. The highest BCUT2D eigenvalue weighted by Gasteiger charge is 2.45. The van der Waals surface area contributed by atoms with Gasteiger partial charge in [0.25, 0.3) is 0 Å². The summed E-state index contributed by atoms with van der Waals surface area (Å²) in [6.45, 7) is 2.70. The molecule has 2 N–H and O–H groups in total. The number of rotatable bonds is 11. The maximum Gasteiger partial charge on any atom is 0.123 e. The van der Waals surface area contributed by atoms with Crippen LogP contribution in [0, 0.1) is 5.92 Å². The summed E-state index contributed by atoms with van der Waals surface area (Å²) in [5.74, 6) is 1.40. The van der Waals surface area contributed by atoms with Gasteiger partial charge in [-0.15, -0.1) is 0 Å². The van der Waals surface area contributed by atoms with E-state index in [1.54, 1.807) is 7.11 Å². The van der Waals surface area contributed by atoms with Gasteiger partial charge in [0, 0.05) is 49.8 Å². The van der Waals surface area contributed by atoms with E-state index < -0.39 is 0 Å². The lowest BCUT2D eigenvalue weighted by Gasteiger charge is -2.37. The van der Waals surface area contributed by atoms with Crippen molar-refractivity contribution < 1.29 is 9.84 Å². The van der Waals surface area contributed by atoms with Crippen LogP contribution < -0.4 is 10.1 Å². The van der Waals surface area contributed by atoms with Crippen molar-refractivity contribution in [3.63, 3.8) is 0 Å². The predicted molar refractivity (Wildman–Crippen MR) is 154 cm³/mol. The molecule has 3 atom stereocenters. The van der Waals surface area contributed by atoms with E-state index in [2.05, 4.69) is 113 Å². The summed E-state index contributed by atoms with van der Waals surface area (Å²) >= 11 is 0. The van der Waals surface area contributed by atoms with Gasteiger partial charge >= 0.3 is 0 Å². The van der Waals surface area contributed by atoms with Crippen molar-refractivity contribution in [2.45, 2.75) is 37.5 Å². The van der Waals surface area contributed by atoms with Crippen molar-refractivity contribution in [2.24, 2.45) is 5.92 Å². The first-order valence-corrected chi connectivity index (χ1v) is 13.6. The molecule has 4 aromatic carbocycles. The Kier molecular flexibility index (Phi) is 8.87. The Hall–Kier alpha value is -3.44. The quantitative estimate of drug-likeness (QED) is 0.267. The van der Waals surface area contributed by atoms with Gasteiger partial charge in [0.05, 0.1) is 7.11 Å². The van der Waals surface area contributed by atoms with E-state index in [1.807, 2.05) is 12.1 Å². The molecule has 1 saturated heterocycles. The molecule has 0 radical (unpaired) electrons. The van der Waals surface area contributed by atoms with Crippen LogP contribution in [0.25, 0.3) is 0 Å². The Morgan fingerprint density at radius 2 is 1.39 bits per heavy atom. The molecule has 0 saturated carbocycles. The first-order chi connectivity index (χ1) is 18.8. The zero-order valence-electron chi connectivity index (χ0n) is 22.1. The molecule has 0 amide bonds. The van der Waals surface area contributed by atoms with Crippen LogP contribution in [0.1, 0.15) is 34.6 Å². The molecule has 38 heavy (non-hydrogen) atoms. The van der Waals surface area contributed by atoms with Crippen molar-refractivity contribution in [3.05, 3.63) is 138 Å². The van der Waals surface area contributed by atoms with E-state index in [4.69, 9.17) is 4.74 Å². The molecule has 1 heterocycles. The van der Waals surface area contributed by atoms with Crippen molar-refractivity contribution in [1.29, 1.82) is 0 Å². The summed E-state index contributed by atoms with van der Waals surface area (Å²) in [6, 6.07) is 41.1. The van der Waals surface area contributed by atoms with Gasteiger partial charge < -0.3 is 15.2 Å².